The van der Waals surface area contributed by atoms with E-state index < -0.39 is 9.84 Å². The average molecular weight is 341 g/mol. The standard InChI is InChI=1S/C14H17ClN4O2S/c15-11-2-3-14-12(10-11)13(4-9-22(14,20)21)16-5-1-7-19-8-6-17-18-19/h2-3,6,8,10,13,16H,1,4-5,7,9H2/t13-/m1/s1. The Bertz CT molecular complexity index is 746. The van der Waals surface area contributed by atoms with Crippen molar-refractivity contribution in [2.75, 3.05) is 12.3 Å². The largest absolute Gasteiger partial charge is 0.310 e. The molecule has 0 radical (unpaired) electrons. The van der Waals surface area contributed by atoms with Gasteiger partial charge in [-0.25, -0.2) is 8.42 Å². The zero-order valence-corrected chi connectivity index (χ0v) is 13.5. The quantitative estimate of drug-likeness (QED) is 0.840. The molecule has 2 heterocycles. The van der Waals surface area contributed by atoms with Gasteiger partial charge < -0.3 is 5.32 Å². The first kappa shape index (κ1) is 15.5. The lowest BCUT2D eigenvalue weighted by molar-refractivity contribution is 0.462. The normalized spacial score (nSPS) is 19.8. The van der Waals surface area contributed by atoms with Crippen LogP contribution in [-0.2, 0) is 16.4 Å². The van der Waals surface area contributed by atoms with Crippen molar-refractivity contribution in [1.82, 2.24) is 20.3 Å². The molecule has 1 aromatic heterocycles. The van der Waals surface area contributed by atoms with Gasteiger partial charge in [0.15, 0.2) is 9.84 Å². The van der Waals surface area contributed by atoms with Gasteiger partial charge in [-0.2, -0.15) is 0 Å². The molecule has 0 saturated heterocycles. The van der Waals surface area contributed by atoms with Gasteiger partial charge in [-0.15, -0.1) is 5.10 Å². The average Bonchev–Trinajstić information content (AvgIpc) is 2.98. The van der Waals surface area contributed by atoms with Crippen LogP contribution in [-0.4, -0.2) is 35.7 Å². The third-order valence-electron chi connectivity index (χ3n) is 3.78. The van der Waals surface area contributed by atoms with Crippen molar-refractivity contribution in [1.29, 1.82) is 0 Å². The first-order chi connectivity index (χ1) is 10.6. The Morgan fingerprint density at radius 3 is 3.05 bits per heavy atom. The number of nitrogens with one attached hydrogen (secondary N) is 1. The van der Waals surface area contributed by atoms with Crippen LogP contribution in [0.15, 0.2) is 35.5 Å². The molecule has 8 heteroatoms. The summed E-state index contributed by atoms with van der Waals surface area (Å²) in [6.07, 6.45) is 4.93. The highest BCUT2D eigenvalue weighted by Crippen LogP contribution is 2.33. The molecule has 0 aliphatic carbocycles. The van der Waals surface area contributed by atoms with Crippen molar-refractivity contribution in [3.05, 3.63) is 41.2 Å². The predicted molar refractivity (Wildman–Crippen MR) is 83.5 cm³/mol. The first-order valence-electron chi connectivity index (χ1n) is 7.16. The second kappa shape index (κ2) is 6.36. The van der Waals surface area contributed by atoms with E-state index in [0.29, 0.717) is 16.3 Å². The number of benzene rings is 1. The summed E-state index contributed by atoms with van der Waals surface area (Å²) < 4.78 is 26.0. The number of hydrogen-bond donors (Lipinski definition) is 1. The van der Waals surface area contributed by atoms with Crippen LogP contribution < -0.4 is 5.32 Å². The Labute approximate surface area is 134 Å². The van der Waals surface area contributed by atoms with Gasteiger partial charge >= 0.3 is 0 Å². The van der Waals surface area contributed by atoms with Gasteiger partial charge in [-0.3, -0.25) is 4.68 Å². The Kier molecular flexibility index (Phi) is 4.46. The van der Waals surface area contributed by atoms with E-state index in [2.05, 4.69) is 15.6 Å². The Morgan fingerprint density at radius 1 is 1.41 bits per heavy atom. The molecule has 0 spiro atoms. The molecular weight excluding hydrogens is 324 g/mol. The molecular formula is C14H17ClN4O2S. The van der Waals surface area contributed by atoms with E-state index in [4.69, 9.17) is 11.6 Å². The topological polar surface area (TPSA) is 76.9 Å². The first-order valence-corrected chi connectivity index (χ1v) is 9.19. The van der Waals surface area contributed by atoms with E-state index in [1.807, 2.05) is 6.20 Å². The van der Waals surface area contributed by atoms with Gasteiger partial charge in [-0.1, -0.05) is 16.8 Å². The van der Waals surface area contributed by atoms with Gasteiger partial charge in [0.05, 0.1) is 16.8 Å². The lowest BCUT2D eigenvalue weighted by atomic mass is 10.0. The molecule has 0 amide bonds. The SMILES string of the molecule is O=S1(=O)CC[C@@H](NCCCn2ccnn2)c2cc(Cl)ccc21. The maximum atomic E-state index is 12.1. The number of hydrogen-bond acceptors (Lipinski definition) is 5. The molecule has 118 valence electrons. The maximum Gasteiger partial charge on any atom is 0.178 e. The van der Waals surface area contributed by atoms with Crippen LogP contribution >= 0.6 is 11.6 Å². The molecule has 0 unspecified atom stereocenters. The number of nitrogens with zero attached hydrogens (tertiary/aromatic N) is 3. The molecule has 1 aromatic carbocycles. The van der Waals surface area contributed by atoms with Crippen LogP contribution in [0.25, 0.3) is 0 Å². The number of aromatic nitrogens is 3. The fourth-order valence-electron chi connectivity index (χ4n) is 2.69. The number of aryl methyl sites for hydroxylation is 1. The molecule has 2 aromatic rings. The number of fused-ring (bicyclic) bond motifs is 1. The minimum atomic E-state index is -3.18. The van der Waals surface area contributed by atoms with E-state index in [0.717, 1.165) is 25.1 Å². The van der Waals surface area contributed by atoms with Crippen molar-refractivity contribution in [3.63, 3.8) is 0 Å². The van der Waals surface area contributed by atoms with Crippen molar-refractivity contribution >= 4 is 21.4 Å². The van der Waals surface area contributed by atoms with Gasteiger partial charge in [0.25, 0.3) is 0 Å². The van der Waals surface area contributed by atoms with Crippen molar-refractivity contribution < 1.29 is 8.42 Å². The smallest absolute Gasteiger partial charge is 0.178 e. The van der Waals surface area contributed by atoms with Crippen molar-refractivity contribution in [2.45, 2.75) is 30.3 Å². The molecule has 22 heavy (non-hydrogen) atoms. The molecule has 0 fully saturated rings. The van der Waals surface area contributed by atoms with Gasteiger partial charge in [0.2, 0.25) is 0 Å². The highest BCUT2D eigenvalue weighted by molar-refractivity contribution is 7.91. The second-order valence-electron chi connectivity index (χ2n) is 5.32. The van der Waals surface area contributed by atoms with Gasteiger partial charge in [-0.05, 0) is 43.1 Å². The predicted octanol–water partition coefficient (Wildman–Crippen LogP) is 1.83. The zero-order chi connectivity index (χ0) is 15.6. The van der Waals surface area contributed by atoms with Crippen LogP contribution in [0.3, 0.4) is 0 Å². The van der Waals surface area contributed by atoms with Crippen LogP contribution in [0.4, 0.5) is 0 Å². The molecule has 1 atom stereocenters. The van der Waals surface area contributed by atoms with Crippen LogP contribution in [0.2, 0.25) is 5.02 Å². The summed E-state index contributed by atoms with van der Waals surface area (Å²) >= 11 is 6.02. The van der Waals surface area contributed by atoms with E-state index in [9.17, 15) is 8.42 Å². The lowest BCUT2D eigenvalue weighted by Gasteiger charge is -2.26. The summed E-state index contributed by atoms with van der Waals surface area (Å²) in [7, 11) is -3.18. The Balaban J connectivity index is 1.66. The highest BCUT2D eigenvalue weighted by atomic mass is 35.5. The molecule has 1 aliphatic rings. The lowest BCUT2D eigenvalue weighted by Crippen LogP contribution is -2.30. The third-order valence-corrected chi connectivity index (χ3v) is 5.83. The minimum Gasteiger partial charge on any atom is -0.310 e. The molecule has 1 aliphatic heterocycles. The molecule has 1 N–H and O–H groups in total. The van der Waals surface area contributed by atoms with E-state index in [1.54, 1.807) is 29.1 Å². The summed E-state index contributed by atoms with van der Waals surface area (Å²) in [6.45, 7) is 1.55. The van der Waals surface area contributed by atoms with Crippen LogP contribution in [0.5, 0.6) is 0 Å². The molecule has 0 bridgehead atoms. The zero-order valence-electron chi connectivity index (χ0n) is 11.9. The second-order valence-corrected chi connectivity index (χ2v) is 7.83. The Morgan fingerprint density at radius 2 is 2.27 bits per heavy atom. The van der Waals surface area contributed by atoms with Crippen molar-refractivity contribution in [3.8, 4) is 0 Å². The summed E-state index contributed by atoms with van der Waals surface area (Å²) in [5.74, 6) is 0.169. The third kappa shape index (κ3) is 3.31. The summed E-state index contributed by atoms with van der Waals surface area (Å²) in [5, 5.41) is 11.6. The molecule has 0 saturated carbocycles. The van der Waals surface area contributed by atoms with Crippen LogP contribution in [0, 0.1) is 0 Å². The summed E-state index contributed by atoms with van der Waals surface area (Å²) in [6, 6.07) is 5.01. The summed E-state index contributed by atoms with van der Waals surface area (Å²) in [4.78, 5) is 0.400. The fraction of sp³-hybridized carbons (Fsp3) is 0.429. The molecule has 3 rings (SSSR count). The van der Waals surface area contributed by atoms with Crippen molar-refractivity contribution in [2.24, 2.45) is 0 Å². The van der Waals surface area contributed by atoms with E-state index in [1.165, 1.54) is 0 Å². The van der Waals surface area contributed by atoms with Gasteiger partial charge in [0, 0.05) is 23.8 Å². The fourth-order valence-corrected chi connectivity index (χ4v) is 4.48. The Hall–Kier alpha value is -1.44. The molecule has 6 nitrogen and oxygen atoms in total. The number of rotatable bonds is 5. The maximum absolute atomic E-state index is 12.1. The monoisotopic (exact) mass is 340 g/mol. The minimum absolute atomic E-state index is 0.0213. The highest BCUT2D eigenvalue weighted by Gasteiger charge is 2.29. The number of halogens is 1. The van der Waals surface area contributed by atoms with Crippen LogP contribution in [0.1, 0.15) is 24.4 Å². The summed E-state index contributed by atoms with van der Waals surface area (Å²) in [5.41, 5.74) is 0.777. The number of sulfone groups is 1. The van der Waals surface area contributed by atoms with E-state index in [-0.39, 0.29) is 11.8 Å². The van der Waals surface area contributed by atoms with Gasteiger partial charge in [0.1, 0.15) is 0 Å². The van der Waals surface area contributed by atoms with E-state index >= 15 is 0 Å².